The summed E-state index contributed by atoms with van der Waals surface area (Å²) in [6, 6.07) is 0.270. The van der Waals surface area contributed by atoms with Gasteiger partial charge in [0.25, 0.3) is 0 Å². The number of hydrogen-bond donors (Lipinski definition) is 2. The highest BCUT2D eigenvalue weighted by Gasteiger charge is 2.14. The number of aliphatic hydroxyl groups is 1. The van der Waals surface area contributed by atoms with Crippen LogP contribution in [0.25, 0.3) is 0 Å². The molecule has 1 unspecified atom stereocenters. The Morgan fingerprint density at radius 1 is 1.42 bits per heavy atom. The van der Waals surface area contributed by atoms with E-state index in [9.17, 15) is 0 Å². The maximum atomic E-state index is 8.76. The summed E-state index contributed by atoms with van der Waals surface area (Å²) >= 11 is 0. The number of nitrogens with one attached hydrogen (secondary N) is 1. The molecule has 1 fully saturated rings. The minimum absolute atomic E-state index is 0.255. The lowest BCUT2D eigenvalue weighted by molar-refractivity contribution is 0.249. The molecule has 0 aromatic carbocycles. The van der Waals surface area contributed by atoms with E-state index in [0.29, 0.717) is 0 Å². The van der Waals surface area contributed by atoms with Crippen molar-refractivity contribution in [3.8, 4) is 0 Å². The molecule has 0 aromatic rings. The van der Waals surface area contributed by atoms with E-state index in [2.05, 4.69) is 5.32 Å². The lowest BCUT2D eigenvalue weighted by Crippen LogP contribution is -2.30. The van der Waals surface area contributed by atoms with E-state index in [-0.39, 0.29) is 12.6 Å². The average Bonchev–Trinajstić information content (AvgIpc) is 2.57. The van der Waals surface area contributed by atoms with Gasteiger partial charge in [-0.1, -0.05) is 25.7 Å². The first-order valence-electron chi connectivity index (χ1n) is 5.17. The molecule has 0 aliphatic heterocycles. The van der Waals surface area contributed by atoms with Gasteiger partial charge in [0.05, 0.1) is 6.61 Å². The van der Waals surface area contributed by atoms with E-state index in [4.69, 9.17) is 5.11 Å². The molecule has 1 aliphatic carbocycles. The first-order valence-corrected chi connectivity index (χ1v) is 5.17. The number of aliphatic hydroxyl groups excluding tert-OH is 1. The molecule has 0 aromatic heterocycles. The zero-order valence-corrected chi connectivity index (χ0v) is 8.05. The molecule has 1 rings (SSSR count). The maximum Gasteiger partial charge on any atom is 0.0581 e. The van der Waals surface area contributed by atoms with Crippen molar-refractivity contribution in [2.75, 3.05) is 13.2 Å². The minimum Gasteiger partial charge on any atom is -0.395 e. The molecular weight excluding hydrogens is 150 g/mol. The summed E-state index contributed by atoms with van der Waals surface area (Å²) in [5.41, 5.74) is 0. The van der Waals surface area contributed by atoms with Crippen LogP contribution in [0.3, 0.4) is 0 Å². The second kappa shape index (κ2) is 5.55. The molecule has 0 heterocycles. The fourth-order valence-electron chi connectivity index (χ4n) is 1.90. The molecule has 0 spiro atoms. The Balaban J connectivity index is 1.94. The molecular formula is C10H21NO. The lowest BCUT2D eigenvalue weighted by Gasteiger charge is -2.13. The van der Waals surface area contributed by atoms with Crippen LogP contribution in [0.1, 0.15) is 39.0 Å². The van der Waals surface area contributed by atoms with Gasteiger partial charge in [-0.05, 0) is 25.8 Å². The molecule has 2 heteroatoms. The highest BCUT2D eigenvalue weighted by atomic mass is 16.3. The van der Waals surface area contributed by atoms with Crippen molar-refractivity contribution >= 4 is 0 Å². The molecule has 0 bridgehead atoms. The van der Waals surface area contributed by atoms with Crippen LogP contribution in [0, 0.1) is 5.92 Å². The number of rotatable bonds is 5. The summed E-state index contributed by atoms with van der Waals surface area (Å²) in [6.45, 7) is 3.35. The van der Waals surface area contributed by atoms with Crippen molar-refractivity contribution in [3.05, 3.63) is 0 Å². The van der Waals surface area contributed by atoms with E-state index in [1.165, 1.54) is 32.1 Å². The largest absolute Gasteiger partial charge is 0.395 e. The molecule has 12 heavy (non-hydrogen) atoms. The van der Waals surface area contributed by atoms with Crippen molar-refractivity contribution in [3.63, 3.8) is 0 Å². The molecule has 1 atom stereocenters. The predicted octanol–water partition coefficient (Wildman–Crippen LogP) is 1.54. The van der Waals surface area contributed by atoms with Crippen molar-refractivity contribution < 1.29 is 5.11 Å². The van der Waals surface area contributed by atoms with Crippen molar-refractivity contribution in [2.45, 2.75) is 45.1 Å². The predicted molar refractivity (Wildman–Crippen MR) is 51.1 cm³/mol. The molecule has 1 saturated carbocycles. The Kier molecular flexibility index (Phi) is 4.62. The lowest BCUT2D eigenvalue weighted by atomic mass is 10.0. The second-order valence-electron chi connectivity index (χ2n) is 3.98. The summed E-state index contributed by atoms with van der Waals surface area (Å²) in [5.74, 6) is 0.961. The zero-order chi connectivity index (χ0) is 8.81. The molecule has 0 saturated heterocycles. The van der Waals surface area contributed by atoms with Crippen LogP contribution in [0.2, 0.25) is 0 Å². The van der Waals surface area contributed by atoms with Crippen LogP contribution < -0.4 is 5.32 Å². The van der Waals surface area contributed by atoms with Gasteiger partial charge in [0, 0.05) is 6.04 Å². The van der Waals surface area contributed by atoms with Crippen LogP contribution in [0.4, 0.5) is 0 Å². The van der Waals surface area contributed by atoms with Gasteiger partial charge >= 0.3 is 0 Å². The van der Waals surface area contributed by atoms with Gasteiger partial charge in [-0.15, -0.1) is 0 Å². The summed E-state index contributed by atoms with van der Waals surface area (Å²) < 4.78 is 0. The molecule has 0 amide bonds. The summed E-state index contributed by atoms with van der Waals surface area (Å²) in [4.78, 5) is 0. The SMILES string of the molecule is CC(CO)NCCC1CCCC1. The Labute approximate surface area is 75.4 Å². The van der Waals surface area contributed by atoms with Gasteiger partial charge in [0.15, 0.2) is 0 Å². The number of hydrogen-bond acceptors (Lipinski definition) is 2. The van der Waals surface area contributed by atoms with E-state index in [0.717, 1.165) is 12.5 Å². The smallest absolute Gasteiger partial charge is 0.0581 e. The van der Waals surface area contributed by atoms with E-state index >= 15 is 0 Å². The Morgan fingerprint density at radius 3 is 2.67 bits per heavy atom. The summed E-state index contributed by atoms with van der Waals surface area (Å²) in [6.07, 6.45) is 7.01. The van der Waals surface area contributed by atoms with Crippen molar-refractivity contribution in [2.24, 2.45) is 5.92 Å². The third kappa shape index (κ3) is 3.55. The van der Waals surface area contributed by atoms with Gasteiger partial charge < -0.3 is 10.4 Å². The topological polar surface area (TPSA) is 32.3 Å². The highest BCUT2D eigenvalue weighted by molar-refractivity contribution is 4.69. The quantitative estimate of drug-likeness (QED) is 0.657. The Bertz CT molecular complexity index is 110. The molecule has 1 aliphatic rings. The fourth-order valence-corrected chi connectivity index (χ4v) is 1.90. The molecule has 2 N–H and O–H groups in total. The summed E-state index contributed by atoms with van der Waals surface area (Å²) in [5, 5.41) is 12.1. The Hall–Kier alpha value is -0.0800. The van der Waals surface area contributed by atoms with Crippen LogP contribution in [0.5, 0.6) is 0 Å². The van der Waals surface area contributed by atoms with E-state index in [1.54, 1.807) is 0 Å². The van der Waals surface area contributed by atoms with Crippen LogP contribution >= 0.6 is 0 Å². The fraction of sp³-hybridized carbons (Fsp3) is 1.00. The van der Waals surface area contributed by atoms with Gasteiger partial charge in [-0.25, -0.2) is 0 Å². The van der Waals surface area contributed by atoms with Crippen LogP contribution in [-0.4, -0.2) is 24.3 Å². The standard InChI is InChI=1S/C10H21NO/c1-9(8-12)11-7-6-10-4-2-3-5-10/h9-12H,2-8H2,1H3. The summed E-state index contributed by atoms with van der Waals surface area (Å²) in [7, 11) is 0. The zero-order valence-electron chi connectivity index (χ0n) is 8.05. The molecule has 72 valence electrons. The molecule has 0 radical (unpaired) electrons. The van der Waals surface area contributed by atoms with Crippen LogP contribution in [0.15, 0.2) is 0 Å². The first-order chi connectivity index (χ1) is 5.83. The molecule has 2 nitrogen and oxygen atoms in total. The monoisotopic (exact) mass is 171 g/mol. The first kappa shape index (κ1) is 10.0. The van der Waals surface area contributed by atoms with Crippen molar-refractivity contribution in [1.82, 2.24) is 5.32 Å². The van der Waals surface area contributed by atoms with E-state index in [1.807, 2.05) is 6.92 Å². The Morgan fingerprint density at radius 2 is 2.08 bits per heavy atom. The highest BCUT2D eigenvalue weighted by Crippen LogP contribution is 2.26. The van der Waals surface area contributed by atoms with Gasteiger partial charge in [0.1, 0.15) is 0 Å². The normalized spacial score (nSPS) is 21.5. The average molecular weight is 171 g/mol. The van der Waals surface area contributed by atoms with Gasteiger partial charge in [0.2, 0.25) is 0 Å². The maximum absolute atomic E-state index is 8.76. The van der Waals surface area contributed by atoms with Gasteiger partial charge in [-0.2, -0.15) is 0 Å². The van der Waals surface area contributed by atoms with Gasteiger partial charge in [-0.3, -0.25) is 0 Å². The minimum atomic E-state index is 0.255. The van der Waals surface area contributed by atoms with Crippen LogP contribution in [-0.2, 0) is 0 Å². The van der Waals surface area contributed by atoms with E-state index < -0.39 is 0 Å². The van der Waals surface area contributed by atoms with Crippen molar-refractivity contribution in [1.29, 1.82) is 0 Å². The third-order valence-electron chi connectivity index (χ3n) is 2.79. The third-order valence-corrected chi connectivity index (χ3v) is 2.79. The second-order valence-corrected chi connectivity index (χ2v) is 3.98.